The molecule has 23 heavy (non-hydrogen) atoms. The van der Waals surface area contributed by atoms with Crippen LogP contribution in [0.1, 0.15) is 34.2 Å². The van der Waals surface area contributed by atoms with Crippen LogP contribution in [0.2, 0.25) is 0 Å². The van der Waals surface area contributed by atoms with Gasteiger partial charge in [-0.1, -0.05) is 36.5 Å². The van der Waals surface area contributed by atoms with Crippen molar-refractivity contribution < 1.29 is 14.3 Å². The summed E-state index contributed by atoms with van der Waals surface area (Å²) in [5.74, 6) is -0.789. The maximum Gasteiger partial charge on any atom is 0.330 e. The molecular formula is C16H17N3O3S. The number of benzene rings is 1. The van der Waals surface area contributed by atoms with Gasteiger partial charge >= 0.3 is 5.97 Å². The fourth-order valence-corrected chi connectivity index (χ4v) is 2.38. The van der Waals surface area contributed by atoms with Gasteiger partial charge in [0.2, 0.25) is 5.01 Å². The summed E-state index contributed by atoms with van der Waals surface area (Å²) in [6.07, 6.45) is 3.85. The largest absolute Gasteiger partial charge is 0.455 e. The van der Waals surface area contributed by atoms with Crippen LogP contribution in [0, 0.1) is 0 Å². The number of aryl methyl sites for hydroxylation is 1. The lowest BCUT2D eigenvalue weighted by Crippen LogP contribution is -2.11. The zero-order chi connectivity index (χ0) is 16.7. The lowest BCUT2D eigenvalue weighted by Gasteiger charge is -2.03. The number of ether oxygens (including phenoxy) is 1. The Morgan fingerprint density at radius 3 is 2.65 bits per heavy atom. The molecule has 7 heteroatoms. The zero-order valence-corrected chi connectivity index (χ0v) is 13.7. The maximum atomic E-state index is 12.1. The van der Waals surface area contributed by atoms with E-state index in [1.54, 1.807) is 13.0 Å². The molecule has 0 aliphatic carbocycles. The number of anilines is 1. The second-order valence-electron chi connectivity index (χ2n) is 4.61. The molecule has 0 aliphatic rings. The quantitative estimate of drug-likeness (QED) is 0.650. The van der Waals surface area contributed by atoms with Gasteiger partial charge in [0.1, 0.15) is 6.61 Å². The summed E-state index contributed by atoms with van der Waals surface area (Å²) in [4.78, 5) is 23.3. The van der Waals surface area contributed by atoms with Crippen molar-refractivity contribution in [1.29, 1.82) is 0 Å². The first-order valence-electron chi connectivity index (χ1n) is 7.14. The maximum absolute atomic E-state index is 12.1. The van der Waals surface area contributed by atoms with Gasteiger partial charge in [0.15, 0.2) is 5.01 Å². The van der Waals surface area contributed by atoms with Crippen LogP contribution in [-0.4, -0.2) is 22.1 Å². The minimum absolute atomic E-state index is 0.000678. The van der Waals surface area contributed by atoms with Crippen LogP contribution in [0.3, 0.4) is 0 Å². The van der Waals surface area contributed by atoms with Crippen LogP contribution in [0.5, 0.6) is 0 Å². The van der Waals surface area contributed by atoms with Crippen LogP contribution in [0.15, 0.2) is 36.4 Å². The smallest absolute Gasteiger partial charge is 0.330 e. The van der Waals surface area contributed by atoms with Gasteiger partial charge in [0.05, 0.1) is 0 Å². The summed E-state index contributed by atoms with van der Waals surface area (Å²) in [5, 5.41) is 11.1. The second kappa shape index (κ2) is 8.19. The molecule has 1 aromatic carbocycles. The standard InChI is InChI=1S/C16H17N3O3S/c1-3-5-14(20)22-10-13-18-19-16(23-13)15(21)17-12-8-6-11(4-2)7-9-12/h3,5-9H,4,10H2,1-2H3,(H,17,21). The minimum Gasteiger partial charge on any atom is -0.455 e. The van der Waals surface area contributed by atoms with E-state index in [1.807, 2.05) is 24.3 Å². The van der Waals surface area contributed by atoms with Crippen molar-refractivity contribution >= 4 is 28.9 Å². The van der Waals surface area contributed by atoms with E-state index in [0.29, 0.717) is 10.7 Å². The van der Waals surface area contributed by atoms with E-state index in [1.165, 1.54) is 11.6 Å². The zero-order valence-electron chi connectivity index (χ0n) is 12.9. The monoisotopic (exact) mass is 331 g/mol. The van der Waals surface area contributed by atoms with E-state index in [4.69, 9.17) is 4.74 Å². The Kier molecular flexibility index (Phi) is 5.99. The number of carbonyl (C=O) groups excluding carboxylic acids is 2. The molecule has 1 heterocycles. The van der Waals surface area contributed by atoms with Gasteiger partial charge in [-0.2, -0.15) is 0 Å². The van der Waals surface area contributed by atoms with E-state index in [0.717, 1.165) is 17.8 Å². The van der Waals surface area contributed by atoms with Gasteiger partial charge in [-0.15, -0.1) is 10.2 Å². The topological polar surface area (TPSA) is 81.2 Å². The number of hydrogen-bond acceptors (Lipinski definition) is 6. The van der Waals surface area contributed by atoms with E-state index in [2.05, 4.69) is 22.4 Å². The van der Waals surface area contributed by atoms with E-state index in [9.17, 15) is 9.59 Å². The number of nitrogens with one attached hydrogen (secondary N) is 1. The fraction of sp³-hybridized carbons (Fsp3) is 0.250. The molecule has 0 radical (unpaired) electrons. The summed E-state index contributed by atoms with van der Waals surface area (Å²) in [7, 11) is 0. The van der Waals surface area contributed by atoms with Crippen molar-refractivity contribution in [2.24, 2.45) is 0 Å². The highest BCUT2D eigenvalue weighted by atomic mass is 32.1. The predicted molar refractivity (Wildman–Crippen MR) is 88.3 cm³/mol. The summed E-state index contributed by atoms with van der Waals surface area (Å²) in [6, 6.07) is 7.61. The molecule has 1 amide bonds. The second-order valence-corrected chi connectivity index (χ2v) is 5.68. The van der Waals surface area contributed by atoms with Crippen LogP contribution >= 0.6 is 11.3 Å². The summed E-state index contributed by atoms with van der Waals surface area (Å²) < 4.78 is 4.96. The highest BCUT2D eigenvalue weighted by molar-refractivity contribution is 7.13. The number of allylic oxidation sites excluding steroid dienone is 1. The third kappa shape index (κ3) is 5.00. The molecule has 2 aromatic rings. The van der Waals surface area contributed by atoms with Crippen LogP contribution in [0.25, 0.3) is 0 Å². The molecule has 0 unspecified atom stereocenters. The Balaban J connectivity index is 1.93. The molecule has 0 spiro atoms. The van der Waals surface area contributed by atoms with Crippen LogP contribution < -0.4 is 5.32 Å². The first-order chi connectivity index (χ1) is 11.1. The molecular weight excluding hydrogens is 314 g/mol. The number of hydrogen-bond donors (Lipinski definition) is 1. The highest BCUT2D eigenvalue weighted by Gasteiger charge is 2.14. The summed E-state index contributed by atoms with van der Waals surface area (Å²) in [5.41, 5.74) is 1.90. The van der Waals surface area contributed by atoms with E-state index >= 15 is 0 Å². The normalized spacial score (nSPS) is 10.7. The molecule has 6 nitrogen and oxygen atoms in total. The fourth-order valence-electron chi connectivity index (χ4n) is 1.73. The number of carbonyl (C=O) groups is 2. The van der Waals surface area contributed by atoms with Crippen molar-refractivity contribution in [1.82, 2.24) is 10.2 Å². The molecule has 0 fully saturated rings. The molecule has 0 aliphatic heterocycles. The molecule has 120 valence electrons. The lowest BCUT2D eigenvalue weighted by atomic mass is 10.1. The molecule has 2 rings (SSSR count). The van der Waals surface area contributed by atoms with Gasteiger partial charge < -0.3 is 10.1 Å². The van der Waals surface area contributed by atoms with E-state index < -0.39 is 5.97 Å². The molecule has 0 atom stereocenters. The third-order valence-electron chi connectivity index (χ3n) is 2.92. The van der Waals surface area contributed by atoms with Crippen molar-refractivity contribution in [2.75, 3.05) is 5.32 Å². The van der Waals surface area contributed by atoms with Crippen molar-refractivity contribution in [3.63, 3.8) is 0 Å². The molecule has 1 N–H and O–H groups in total. The number of rotatable bonds is 6. The van der Waals surface area contributed by atoms with Gasteiger partial charge in [-0.25, -0.2) is 4.79 Å². The first-order valence-corrected chi connectivity index (χ1v) is 7.96. The SMILES string of the molecule is CC=CC(=O)OCc1nnc(C(=O)Nc2ccc(CC)cc2)s1. The van der Waals surface area contributed by atoms with E-state index in [-0.39, 0.29) is 17.5 Å². The first kappa shape index (κ1) is 16.8. The average Bonchev–Trinajstić information content (AvgIpc) is 3.03. The minimum atomic E-state index is -0.454. The predicted octanol–water partition coefficient (Wildman–Crippen LogP) is 2.97. The summed E-state index contributed by atoms with van der Waals surface area (Å²) >= 11 is 1.09. The lowest BCUT2D eigenvalue weighted by molar-refractivity contribution is -0.139. The Morgan fingerprint density at radius 1 is 1.26 bits per heavy atom. The Hall–Kier alpha value is -2.54. The Labute approximate surface area is 138 Å². The number of esters is 1. The van der Waals surface area contributed by atoms with Gasteiger partial charge in [0.25, 0.3) is 5.91 Å². The Morgan fingerprint density at radius 2 is 2.00 bits per heavy atom. The molecule has 0 saturated heterocycles. The number of amides is 1. The van der Waals surface area contributed by atoms with Crippen LogP contribution in [-0.2, 0) is 22.6 Å². The third-order valence-corrected chi connectivity index (χ3v) is 3.82. The number of aromatic nitrogens is 2. The van der Waals surface area contributed by atoms with Gasteiger partial charge in [-0.3, -0.25) is 4.79 Å². The van der Waals surface area contributed by atoms with Crippen molar-refractivity contribution in [3.05, 3.63) is 52.0 Å². The van der Waals surface area contributed by atoms with Crippen LogP contribution in [0.4, 0.5) is 5.69 Å². The molecule has 0 saturated carbocycles. The summed E-state index contributed by atoms with van der Waals surface area (Å²) in [6.45, 7) is 3.79. The van der Waals surface area contributed by atoms with Gasteiger partial charge in [-0.05, 0) is 31.0 Å². The van der Waals surface area contributed by atoms with Crippen molar-refractivity contribution in [2.45, 2.75) is 26.9 Å². The molecule has 0 bridgehead atoms. The van der Waals surface area contributed by atoms with Gasteiger partial charge in [0, 0.05) is 11.8 Å². The number of nitrogens with zero attached hydrogens (tertiary/aromatic N) is 2. The van der Waals surface area contributed by atoms with Crippen molar-refractivity contribution in [3.8, 4) is 0 Å². The highest BCUT2D eigenvalue weighted by Crippen LogP contribution is 2.15. The average molecular weight is 331 g/mol. The Bertz CT molecular complexity index is 708. The molecule has 1 aromatic heterocycles.